The fraction of sp³-hybridized carbons (Fsp3) is 0.375. The average Bonchev–Trinajstić information content (AvgIpc) is 2.25. The van der Waals surface area contributed by atoms with E-state index in [9.17, 15) is 4.79 Å². The highest BCUT2D eigenvalue weighted by atomic mass is 32.2. The van der Waals surface area contributed by atoms with Gasteiger partial charge in [0.1, 0.15) is 5.03 Å². The van der Waals surface area contributed by atoms with Crippen molar-refractivity contribution < 1.29 is 9.90 Å². The Morgan fingerprint density at radius 2 is 2.43 bits per heavy atom. The van der Waals surface area contributed by atoms with Gasteiger partial charge < -0.3 is 10.4 Å². The van der Waals surface area contributed by atoms with Crippen LogP contribution in [-0.2, 0) is 4.79 Å². The second kappa shape index (κ2) is 6.33. The van der Waals surface area contributed by atoms with E-state index in [4.69, 9.17) is 5.11 Å². The van der Waals surface area contributed by atoms with Crippen molar-refractivity contribution in [3.8, 4) is 0 Å². The molecule has 2 N–H and O–H groups in total. The number of hydrogen-bond donors (Lipinski definition) is 2. The van der Waals surface area contributed by atoms with Crippen LogP contribution in [0.3, 0.4) is 0 Å². The summed E-state index contributed by atoms with van der Waals surface area (Å²) >= 11 is 1.31. The second-order valence-electron chi connectivity index (χ2n) is 2.41. The predicted octanol–water partition coefficient (Wildman–Crippen LogP) is -0.323. The lowest BCUT2D eigenvalue weighted by Crippen LogP contribution is -2.27. The fourth-order valence-electron chi connectivity index (χ4n) is 0.746. The molecule has 76 valence electrons. The lowest BCUT2D eigenvalue weighted by atomic mass is 10.6. The lowest BCUT2D eigenvalue weighted by Gasteiger charge is -2.01. The van der Waals surface area contributed by atoms with Crippen LogP contribution < -0.4 is 5.32 Å². The fourth-order valence-corrected chi connectivity index (χ4v) is 1.40. The third-order valence-corrected chi connectivity index (χ3v) is 2.24. The third-order valence-electron chi connectivity index (χ3n) is 1.32. The maximum Gasteiger partial charge on any atom is 0.230 e. The van der Waals surface area contributed by atoms with Gasteiger partial charge in [-0.15, -0.1) is 0 Å². The molecule has 0 spiro atoms. The first kappa shape index (κ1) is 10.9. The van der Waals surface area contributed by atoms with Gasteiger partial charge in [0.25, 0.3) is 0 Å². The van der Waals surface area contributed by atoms with Crippen LogP contribution in [0, 0.1) is 0 Å². The molecule has 0 aliphatic carbocycles. The summed E-state index contributed by atoms with van der Waals surface area (Å²) in [6, 6.07) is 0. The van der Waals surface area contributed by atoms with Crippen molar-refractivity contribution in [3.05, 3.63) is 18.6 Å². The number of hydrogen-bond acceptors (Lipinski definition) is 5. The molecule has 0 saturated heterocycles. The van der Waals surface area contributed by atoms with E-state index in [0.29, 0.717) is 17.3 Å². The number of amides is 1. The first-order valence-electron chi connectivity index (χ1n) is 4.09. The zero-order valence-electron chi connectivity index (χ0n) is 7.51. The second-order valence-corrected chi connectivity index (χ2v) is 3.40. The van der Waals surface area contributed by atoms with Gasteiger partial charge in [-0.1, -0.05) is 11.8 Å². The van der Waals surface area contributed by atoms with Crippen molar-refractivity contribution in [1.29, 1.82) is 0 Å². The molecule has 0 radical (unpaired) electrons. The molecule has 14 heavy (non-hydrogen) atoms. The van der Waals surface area contributed by atoms with Crippen molar-refractivity contribution in [3.63, 3.8) is 0 Å². The molecule has 0 aliphatic rings. The number of nitrogens with one attached hydrogen (secondary N) is 1. The number of aromatic nitrogens is 2. The van der Waals surface area contributed by atoms with Gasteiger partial charge in [0.05, 0.1) is 18.6 Å². The first-order chi connectivity index (χ1) is 6.83. The molecule has 1 rings (SSSR count). The predicted molar refractivity (Wildman–Crippen MR) is 52.9 cm³/mol. The molecular weight excluding hydrogens is 202 g/mol. The summed E-state index contributed by atoms with van der Waals surface area (Å²) in [5, 5.41) is 11.7. The van der Waals surface area contributed by atoms with Crippen LogP contribution in [0.5, 0.6) is 0 Å². The van der Waals surface area contributed by atoms with Crippen molar-refractivity contribution in [2.75, 3.05) is 18.9 Å². The Morgan fingerprint density at radius 3 is 3.07 bits per heavy atom. The number of carbonyl (C=O) groups excluding carboxylic acids is 1. The molecule has 0 bridgehead atoms. The monoisotopic (exact) mass is 213 g/mol. The number of rotatable bonds is 5. The quantitative estimate of drug-likeness (QED) is 0.655. The molecule has 1 heterocycles. The number of carbonyl (C=O) groups is 1. The molecule has 1 amide bonds. The lowest BCUT2D eigenvalue weighted by molar-refractivity contribution is -0.118. The highest BCUT2D eigenvalue weighted by molar-refractivity contribution is 7.99. The third kappa shape index (κ3) is 4.20. The van der Waals surface area contributed by atoms with Gasteiger partial charge in [-0.25, -0.2) is 4.98 Å². The van der Waals surface area contributed by atoms with Crippen LogP contribution in [0.1, 0.15) is 0 Å². The summed E-state index contributed by atoms with van der Waals surface area (Å²) in [5.74, 6) is 0.174. The van der Waals surface area contributed by atoms with Gasteiger partial charge in [0.2, 0.25) is 5.91 Å². The summed E-state index contributed by atoms with van der Waals surface area (Å²) in [6.07, 6.45) is 4.76. The minimum atomic E-state index is -0.116. The topological polar surface area (TPSA) is 75.1 Å². The molecule has 5 nitrogen and oxygen atoms in total. The van der Waals surface area contributed by atoms with Gasteiger partial charge in [0, 0.05) is 18.9 Å². The number of thioether (sulfide) groups is 1. The molecule has 0 aromatic carbocycles. The zero-order valence-corrected chi connectivity index (χ0v) is 8.33. The molecule has 6 heteroatoms. The largest absolute Gasteiger partial charge is 0.395 e. The molecule has 0 atom stereocenters. The van der Waals surface area contributed by atoms with Gasteiger partial charge >= 0.3 is 0 Å². The zero-order chi connectivity index (χ0) is 10.2. The molecule has 0 fully saturated rings. The minimum Gasteiger partial charge on any atom is -0.395 e. The van der Waals surface area contributed by atoms with E-state index in [1.54, 1.807) is 18.6 Å². The Labute approximate surface area is 86.0 Å². The summed E-state index contributed by atoms with van der Waals surface area (Å²) in [7, 11) is 0. The van der Waals surface area contributed by atoms with Crippen molar-refractivity contribution in [2.45, 2.75) is 5.03 Å². The Bertz CT molecular complexity index is 281. The number of nitrogens with zero attached hydrogens (tertiary/aromatic N) is 2. The van der Waals surface area contributed by atoms with E-state index in [-0.39, 0.29) is 12.5 Å². The summed E-state index contributed by atoms with van der Waals surface area (Å²) in [5.41, 5.74) is 0. The maximum atomic E-state index is 11.1. The summed E-state index contributed by atoms with van der Waals surface area (Å²) < 4.78 is 0. The molecule has 1 aromatic heterocycles. The number of aliphatic hydroxyl groups is 1. The van der Waals surface area contributed by atoms with E-state index in [1.165, 1.54) is 11.8 Å². The first-order valence-corrected chi connectivity index (χ1v) is 5.08. The highest BCUT2D eigenvalue weighted by Crippen LogP contribution is 2.11. The maximum absolute atomic E-state index is 11.1. The van der Waals surface area contributed by atoms with Gasteiger partial charge in [-0.05, 0) is 0 Å². The Balaban J connectivity index is 2.24. The van der Waals surface area contributed by atoms with Crippen LogP contribution in [0.25, 0.3) is 0 Å². The van der Waals surface area contributed by atoms with Crippen LogP contribution in [0.15, 0.2) is 23.6 Å². The average molecular weight is 213 g/mol. The Morgan fingerprint density at radius 1 is 1.57 bits per heavy atom. The standard InChI is InChI=1S/C8H11N3O2S/c12-4-3-10-7(13)6-14-8-5-9-1-2-11-8/h1-2,5,12H,3-4,6H2,(H,10,13). The molecular formula is C8H11N3O2S. The molecule has 0 saturated carbocycles. The van der Waals surface area contributed by atoms with Crippen molar-refractivity contribution >= 4 is 17.7 Å². The molecule has 0 aliphatic heterocycles. The van der Waals surface area contributed by atoms with Gasteiger partial charge in [0.15, 0.2) is 0 Å². The van der Waals surface area contributed by atoms with Crippen LogP contribution >= 0.6 is 11.8 Å². The molecule has 1 aromatic rings. The smallest absolute Gasteiger partial charge is 0.230 e. The van der Waals surface area contributed by atoms with Gasteiger partial charge in [-0.3, -0.25) is 9.78 Å². The van der Waals surface area contributed by atoms with Crippen LogP contribution in [0.2, 0.25) is 0 Å². The van der Waals surface area contributed by atoms with Crippen LogP contribution in [-0.4, -0.2) is 39.9 Å². The van der Waals surface area contributed by atoms with Gasteiger partial charge in [-0.2, -0.15) is 0 Å². The van der Waals surface area contributed by atoms with E-state index >= 15 is 0 Å². The van der Waals surface area contributed by atoms with E-state index in [2.05, 4.69) is 15.3 Å². The summed E-state index contributed by atoms with van der Waals surface area (Å²) in [4.78, 5) is 19.0. The van der Waals surface area contributed by atoms with Crippen molar-refractivity contribution in [2.24, 2.45) is 0 Å². The Hall–Kier alpha value is -1.14. The Kier molecular flexibility index (Phi) is 4.95. The summed E-state index contributed by atoms with van der Waals surface area (Å²) in [6.45, 7) is 0.251. The van der Waals surface area contributed by atoms with E-state index in [0.717, 1.165) is 0 Å². The molecule has 0 unspecified atom stereocenters. The normalized spacial score (nSPS) is 9.79. The highest BCUT2D eigenvalue weighted by Gasteiger charge is 2.01. The van der Waals surface area contributed by atoms with E-state index < -0.39 is 0 Å². The SMILES string of the molecule is O=C(CSc1cnccn1)NCCO. The minimum absolute atomic E-state index is 0.0401. The van der Waals surface area contributed by atoms with Crippen LogP contribution in [0.4, 0.5) is 0 Å². The van der Waals surface area contributed by atoms with E-state index in [1.807, 2.05) is 0 Å². The number of aliphatic hydroxyl groups excluding tert-OH is 1. The van der Waals surface area contributed by atoms with Crippen molar-refractivity contribution in [1.82, 2.24) is 15.3 Å².